The van der Waals surface area contributed by atoms with E-state index < -0.39 is 0 Å². The fraction of sp³-hybridized carbons (Fsp3) is 1.00. The monoisotopic (exact) mass is 259 g/mol. The molecule has 104 valence electrons. The zero-order valence-electron chi connectivity index (χ0n) is 13.3. The third kappa shape index (κ3) is 5.65. The van der Waals surface area contributed by atoms with Gasteiger partial charge in [-0.3, -0.25) is 4.90 Å². The summed E-state index contributed by atoms with van der Waals surface area (Å²) in [5, 5.41) is 0. The summed E-state index contributed by atoms with van der Waals surface area (Å²) in [4.78, 5) is 2.72. The van der Waals surface area contributed by atoms with E-state index >= 15 is 0 Å². The molecule has 0 radical (unpaired) electrons. The van der Waals surface area contributed by atoms with E-state index in [1.165, 1.54) is 25.0 Å². The molecule has 17 heavy (non-hydrogen) atoms. The number of hydrogen-bond acceptors (Lipinski definition) is 2. The van der Waals surface area contributed by atoms with Gasteiger partial charge in [0, 0.05) is 17.1 Å². The Morgan fingerprint density at radius 3 is 2.00 bits per heavy atom. The van der Waals surface area contributed by atoms with Crippen molar-refractivity contribution in [1.29, 1.82) is 0 Å². The van der Waals surface area contributed by atoms with Crippen LogP contribution in [0.1, 0.15) is 67.7 Å². The summed E-state index contributed by atoms with van der Waals surface area (Å²) in [5.41, 5.74) is 0.543. The Morgan fingerprint density at radius 2 is 1.65 bits per heavy atom. The Hall–Kier alpha value is 0.310. The minimum Gasteiger partial charge on any atom is -0.291 e. The van der Waals surface area contributed by atoms with E-state index in [1.54, 1.807) is 0 Å². The molecule has 1 atom stereocenters. The number of nitrogens with zero attached hydrogens (tertiary/aromatic N) is 1. The summed E-state index contributed by atoms with van der Waals surface area (Å²) in [5.74, 6) is 1.26. The molecule has 0 saturated carbocycles. The topological polar surface area (TPSA) is 3.24 Å². The van der Waals surface area contributed by atoms with E-state index in [9.17, 15) is 0 Å². The largest absolute Gasteiger partial charge is 0.291 e. The van der Waals surface area contributed by atoms with E-state index in [0.717, 1.165) is 0 Å². The molecule has 1 nitrogen and oxygen atoms in total. The average Bonchev–Trinajstić information content (AvgIpc) is 2.11. The van der Waals surface area contributed by atoms with Crippen molar-refractivity contribution in [3.05, 3.63) is 0 Å². The molecule has 0 aliphatic carbocycles. The molecular weight excluding hydrogens is 226 g/mol. The minimum absolute atomic E-state index is 0.247. The van der Waals surface area contributed by atoms with Gasteiger partial charge in [-0.05, 0) is 66.4 Å². The summed E-state index contributed by atoms with van der Waals surface area (Å²) in [6, 6.07) is 0.656. The standard InChI is InChI=1S/C15H33NS/c1-9-11-15(6,7)16(14(3,4)5)13(2)10-12-17-8/h13H,9-12H2,1-8H3. The highest BCUT2D eigenvalue weighted by Gasteiger charge is 2.37. The molecule has 0 spiro atoms. The third-order valence-electron chi connectivity index (χ3n) is 3.42. The first-order valence-corrected chi connectivity index (χ1v) is 8.34. The maximum Gasteiger partial charge on any atom is 0.0161 e. The molecule has 0 bridgehead atoms. The van der Waals surface area contributed by atoms with Gasteiger partial charge in [0.25, 0.3) is 0 Å². The van der Waals surface area contributed by atoms with Crippen molar-refractivity contribution in [2.45, 2.75) is 84.8 Å². The van der Waals surface area contributed by atoms with Gasteiger partial charge in [0.15, 0.2) is 0 Å². The van der Waals surface area contributed by atoms with Crippen LogP contribution in [0.3, 0.4) is 0 Å². The van der Waals surface area contributed by atoms with Crippen LogP contribution in [-0.2, 0) is 0 Å². The van der Waals surface area contributed by atoms with Crippen LogP contribution >= 0.6 is 11.8 Å². The molecule has 1 unspecified atom stereocenters. The average molecular weight is 260 g/mol. The molecule has 0 aliphatic heterocycles. The van der Waals surface area contributed by atoms with E-state index in [0.29, 0.717) is 11.6 Å². The summed E-state index contributed by atoms with van der Waals surface area (Å²) in [6.07, 6.45) is 6.01. The van der Waals surface area contributed by atoms with Gasteiger partial charge in [-0.15, -0.1) is 0 Å². The van der Waals surface area contributed by atoms with Crippen LogP contribution in [0.25, 0.3) is 0 Å². The van der Waals surface area contributed by atoms with Crippen LogP contribution in [0.2, 0.25) is 0 Å². The first-order chi connectivity index (χ1) is 7.66. The Kier molecular flexibility index (Phi) is 7.16. The molecule has 0 aromatic rings. The molecule has 0 heterocycles. The molecule has 0 aromatic heterocycles. The second-order valence-corrected chi connectivity index (χ2v) is 7.72. The normalized spacial score (nSPS) is 15.4. The Balaban J connectivity index is 4.88. The van der Waals surface area contributed by atoms with E-state index in [4.69, 9.17) is 0 Å². The highest BCUT2D eigenvalue weighted by Crippen LogP contribution is 2.32. The van der Waals surface area contributed by atoms with Gasteiger partial charge in [-0.1, -0.05) is 13.3 Å². The summed E-state index contributed by atoms with van der Waals surface area (Å²) >= 11 is 1.96. The van der Waals surface area contributed by atoms with E-state index in [1.807, 2.05) is 11.8 Å². The van der Waals surface area contributed by atoms with Crippen molar-refractivity contribution in [3.8, 4) is 0 Å². The van der Waals surface area contributed by atoms with Gasteiger partial charge in [0.05, 0.1) is 0 Å². The summed E-state index contributed by atoms with van der Waals surface area (Å²) in [6.45, 7) is 16.5. The maximum atomic E-state index is 2.72. The van der Waals surface area contributed by atoms with Crippen molar-refractivity contribution in [3.63, 3.8) is 0 Å². The second-order valence-electron chi connectivity index (χ2n) is 6.73. The lowest BCUT2D eigenvalue weighted by atomic mass is 9.88. The minimum atomic E-state index is 0.247. The molecule has 0 aromatic carbocycles. The van der Waals surface area contributed by atoms with Gasteiger partial charge in [-0.25, -0.2) is 0 Å². The van der Waals surface area contributed by atoms with E-state index in [-0.39, 0.29) is 5.54 Å². The zero-order chi connectivity index (χ0) is 13.7. The molecule has 0 fully saturated rings. The van der Waals surface area contributed by atoms with Crippen LogP contribution in [0.4, 0.5) is 0 Å². The fourth-order valence-electron chi connectivity index (χ4n) is 3.32. The summed E-state index contributed by atoms with van der Waals surface area (Å²) in [7, 11) is 0. The number of rotatable bonds is 7. The Bertz CT molecular complexity index is 205. The molecule has 0 saturated heterocycles. The summed E-state index contributed by atoms with van der Waals surface area (Å²) < 4.78 is 0. The van der Waals surface area contributed by atoms with Crippen LogP contribution in [0.5, 0.6) is 0 Å². The van der Waals surface area contributed by atoms with Crippen molar-refractivity contribution < 1.29 is 0 Å². The first kappa shape index (κ1) is 17.3. The van der Waals surface area contributed by atoms with Crippen LogP contribution in [0.15, 0.2) is 0 Å². The Labute approximate surface area is 114 Å². The van der Waals surface area contributed by atoms with Gasteiger partial charge < -0.3 is 0 Å². The number of hydrogen-bond donors (Lipinski definition) is 0. The third-order valence-corrected chi connectivity index (χ3v) is 4.06. The highest BCUT2D eigenvalue weighted by molar-refractivity contribution is 7.98. The molecular formula is C15H33NS. The van der Waals surface area contributed by atoms with Crippen molar-refractivity contribution in [2.24, 2.45) is 0 Å². The fourth-order valence-corrected chi connectivity index (χ4v) is 3.89. The molecule has 0 rings (SSSR count). The van der Waals surface area contributed by atoms with Crippen LogP contribution in [-0.4, -0.2) is 34.0 Å². The van der Waals surface area contributed by atoms with Gasteiger partial charge >= 0.3 is 0 Å². The quantitative estimate of drug-likeness (QED) is 0.645. The lowest BCUT2D eigenvalue weighted by molar-refractivity contribution is -0.0148. The first-order valence-electron chi connectivity index (χ1n) is 6.95. The SMILES string of the molecule is CCCC(C)(C)N(C(C)CCSC)C(C)(C)C. The highest BCUT2D eigenvalue weighted by atomic mass is 32.2. The smallest absolute Gasteiger partial charge is 0.0161 e. The predicted molar refractivity (Wildman–Crippen MR) is 83.0 cm³/mol. The predicted octanol–water partition coefficient (Wildman–Crippen LogP) is 4.81. The van der Waals surface area contributed by atoms with Crippen LogP contribution in [0, 0.1) is 0 Å². The maximum absolute atomic E-state index is 2.72. The van der Waals surface area contributed by atoms with Gasteiger partial charge in [0.2, 0.25) is 0 Å². The van der Waals surface area contributed by atoms with E-state index in [2.05, 4.69) is 59.6 Å². The zero-order valence-corrected chi connectivity index (χ0v) is 14.1. The van der Waals surface area contributed by atoms with Crippen LogP contribution < -0.4 is 0 Å². The molecule has 2 heteroatoms. The van der Waals surface area contributed by atoms with Crippen molar-refractivity contribution in [1.82, 2.24) is 4.90 Å². The molecule has 0 aliphatic rings. The number of thioether (sulfide) groups is 1. The lowest BCUT2D eigenvalue weighted by Gasteiger charge is -2.51. The van der Waals surface area contributed by atoms with Gasteiger partial charge in [0.1, 0.15) is 0 Å². The lowest BCUT2D eigenvalue weighted by Crippen LogP contribution is -2.58. The molecule has 0 amide bonds. The molecule has 0 N–H and O–H groups in total. The second kappa shape index (κ2) is 7.04. The van der Waals surface area contributed by atoms with Crippen molar-refractivity contribution >= 4 is 11.8 Å². The Morgan fingerprint density at radius 1 is 1.12 bits per heavy atom. The van der Waals surface area contributed by atoms with Crippen molar-refractivity contribution in [2.75, 3.05) is 12.0 Å². The van der Waals surface area contributed by atoms with Gasteiger partial charge in [-0.2, -0.15) is 11.8 Å².